The maximum Gasteiger partial charge on any atom is 0.118 e. The maximum absolute atomic E-state index is 5.77. The molecule has 0 saturated heterocycles. The topological polar surface area (TPSA) is 35.2 Å². The number of nitrogens with two attached hydrogens (primary N) is 1. The third-order valence-corrected chi connectivity index (χ3v) is 3.78. The molecule has 1 aromatic rings. The van der Waals surface area contributed by atoms with E-state index in [0.29, 0.717) is 17.3 Å². The minimum Gasteiger partial charge on any atom is -0.497 e. The molecule has 1 aliphatic rings. The summed E-state index contributed by atoms with van der Waals surface area (Å²) in [5.74, 6) is 2.17. The summed E-state index contributed by atoms with van der Waals surface area (Å²) in [6.07, 6.45) is 0. The van der Waals surface area contributed by atoms with Crippen LogP contribution in [0.2, 0.25) is 0 Å². The lowest BCUT2D eigenvalue weighted by Gasteiger charge is -2.04. The van der Waals surface area contributed by atoms with Crippen molar-refractivity contribution in [1.82, 2.24) is 0 Å². The lowest BCUT2D eigenvalue weighted by Crippen LogP contribution is -2.05. The largest absolute Gasteiger partial charge is 0.497 e. The van der Waals surface area contributed by atoms with Gasteiger partial charge in [-0.2, -0.15) is 0 Å². The summed E-state index contributed by atoms with van der Waals surface area (Å²) in [7, 11) is 1.69. The van der Waals surface area contributed by atoms with E-state index in [1.165, 1.54) is 5.56 Å². The van der Waals surface area contributed by atoms with E-state index < -0.39 is 0 Å². The molecule has 0 unspecified atom stereocenters. The van der Waals surface area contributed by atoms with Crippen LogP contribution in [0.25, 0.3) is 0 Å². The summed E-state index contributed by atoms with van der Waals surface area (Å²) in [5.41, 5.74) is 7.52. The van der Waals surface area contributed by atoms with Crippen molar-refractivity contribution in [3.05, 3.63) is 29.8 Å². The Kier molecular flexibility index (Phi) is 2.47. The van der Waals surface area contributed by atoms with Crippen molar-refractivity contribution in [1.29, 1.82) is 0 Å². The average Bonchev–Trinajstić information content (AvgIpc) is 2.80. The van der Waals surface area contributed by atoms with E-state index in [1.807, 2.05) is 12.1 Å². The van der Waals surface area contributed by atoms with Gasteiger partial charge >= 0.3 is 0 Å². The predicted molar refractivity (Wildman–Crippen MR) is 62.1 cm³/mol. The van der Waals surface area contributed by atoms with E-state index in [1.54, 1.807) is 7.11 Å². The standard InChI is InChI=1S/C13H19NO/c1-13(2)11(8-14)12(13)9-4-6-10(15-3)7-5-9/h4-7,11-12H,8,14H2,1-3H3/t11-,12-/m0/s1. The monoisotopic (exact) mass is 205 g/mol. The van der Waals surface area contributed by atoms with Crippen LogP contribution in [0.4, 0.5) is 0 Å². The Morgan fingerprint density at radius 1 is 1.27 bits per heavy atom. The normalized spacial score (nSPS) is 27.5. The predicted octanol–water partition coefficient (Wildman–Crippen LogP) is 2.39. The molecule has 2 nitrogen and oxygen atoms in total. The molecule has 2 atom stereocenters. The molecule has 1 aromatic carbocycles. The highest BCUT2D eigenvalue weighted by molar-refractivity contribution is 5.36. The minimum atomic E-state index is 0.364. The van der Waals surface area contributed by atoms with E-state index >= 15 is 0 Å². The van der Waals surface area contributed by atoms with Crippen LogP contribution < -0.4 is 10.5 Å². The SMILES string of the molecule is COc1ccc([C@H]2[C@H](CN)C2(C)C)cc1. The van der Waals surface area contributed by atoms with Crippen molar-refractivity contribution in [3.8, 4) is 5.75 Å². The van der Waals surface area contributed by atoms with Crippen molar-refractivity contribution in [2.45, 2.75) is 19.8 Å². The number of hydrogen-bond acceptors (Lipinski definition) is 2. The zero-order chi connectivity index (χ0) is 11.1. The zero-order valence-electron chi connectivity index (χ0n) is 9.66. The van der Waals surface area contributed by atoms with Gasteiger partial charge in [-0.1, -0.05) is 26.0 Å². The van der Waals surface area contributed by atoms with Crippen molar-refractivity contribution in [3.63, 3.8) is 0 Å². The van der Waals surface area contributed by atoms with E-state index in [0.717, 1.165) is 12.3 Å². The second kappa shape index (κ2) is 3.53. The first-order chi connectivity index (χ1) is 7.11. The summed E-state index contributed by atoms with van der Waals surface area (Å²) in [4.78, 5) is 0. The molecule has 0 bridgehead atoms. The van der Waals surface area contributed by atoms with Crippen molar-refractivity contribution < 1.29 is 4.74 Å². The lowest BCUT2D eigenvalue weighted by molar-refractivity contribution is 0.414. The zero-order valence-corrected chi connectivity index (χ0v) is 9.66. The third kappa shape index (κ3) is 1.63. The Labute approximate surface area is 91.4 Å². The lowest BCUT2D eigenvalue weighted by atomic mass is 10.0. The molecule has 0 aliphatic heterocycles. The summed E-state index contributed by atoms with van der Waals surface area (Å²) in [5, 5.41) is 0. The second-order valence-corrected chi connectivity index (χ2v) is 4.91. The number of hydrogen-bond donors (Lipinski definition) is 1. The highest BCUT2D eigenvalue weighted by atomic mass is 16.5. The molecule has 0 spiro atoms. The van der Waals surface area contributed by atoms with E-state index in [2.05, 4.69) is 26.0 Å². The Balaban J connectivity index is 2.18. The molecule has 0 radical (unpaired) electrons. The molecule has 0 heterocycles. The molecule has 15 heavy (non-hydrogen) atoms. The Morgan fingerprint density at radius 3 is 2.27 bits per heavy atom. The highest BCUT2D eigenvalue weighted by Crippen LogP contribution is 2.63. The Bertz CT molecular complexity index is 342. The van der Waals surface area contributed by atoms with Crippen LogP contribution in [-0.2, 0) is 0 Å². The summed E-state index contributed by atoms with van der Waals surface area (Å²) in [6, 6.07) is 8.36. The van der Waals surface area contributed by atoms with Crippen LogP contribution in [0.1, 0.15) is 25.3 Å². The van der Waals surface area contributed by atoms with Gasteiger partial charge in [-0.05, 0) is 41.5 Å². The molecule has 2 N–H and O–H groups in total. The first kappa shape index (κ1) is 10.5. The molecular weight excluding hydrogens is 186 g/mol. The quantitative estimate of drug-likeness (QED) is 0.822. The van der Waals surface area contributed by atoms with Gasteiger partial charge in [0, 0.05) is 0 Å². The number of benzene rings is 1. The van der Waals surface area contributed by atoms with Gasteiger partial charge < -0.3 is 10.5 Å². The first-order valence-corrected chi connectivity index (χ1v) is 5.45. The average molecular weight is 205 g/mol. The number of ether oxygens (including phenoxy) is 1. The van der Waals surface area contributed by atoms with E-state index in [9.17, 15) is 0 Å². The molecule has 1 fully saturated rings. The van der Waals surface area contributed by atoms with Gasteiger partial charge in [-0.15, -0.1) is 0 Å². The van der Waals surface area contributed by atoms with Gasteiger partial charge in [0.15, 0.2) is 0 Å². The Hall–Kier alpha value is -1.02. The fraction of sp³-hybridized carbons (Fsp3) is 0.538. The van der Waals surface area contributed by atoms with Crippen LogP contribution in [0.3, 0.4) is 0 Å². The summed E-state index contributed by atoms with van der Waals surface area (Å²) >= 11 is 0. The first-order valence-electron chi connectivity index (χ1n) is 5.45. The number of methoxy groups -OCH3 is 1. The smallest absolute Gasteiger partial charge is 0.118 e. The molecule has 2 rings (SSSR count). The molecular formula is C13H19NO. The van der Waals surface area contributed by atoms with Gasteiger partial charge in [0.1, 0.15) is 5.75 Å². The molecule has 2 heteroatoms. The van der Waals surface area contributed by atoms with Crippen LogP contribution in [0.15, 0.2) is 24.3 Å². The fourth-order valence-corrected chi connectivity index (χ4v) is 2.66. The maximum atomic E-state index is 5.77. The van der Waals surface area contributed by atoms with E-state index in [-0.39, 0.29) is 0 Å². The van der Waals surface area contributed by atoms with Gasteiger partial charge in [0.05, 0.1) is 7.11 Å². The van der Waals surface area contributed by atoms with Crippen molar-refractivity contribution >= 4 is 0 Å². The Morgan fingerprint density at radius 2 is 1.87 bits per heavy atom. The molecule has 0 amide bonds. The molecule has 0 aromatic heterocycles. The van der Waals surface area contributed by atoms with Gasteiger partial charge in [0.25, 0.3) is 0 Å². The van der Waals surface area contributed by atoms with Gasteiger partial charge in [-0.3, -0.25) is 0 Å². The molecule has 1 saturated carbocycles. The van der Waals surface area contributed by atoms with Crippen molar-refractivity contribution in [2.24, 2.45) is 17.1 Å². The van der Waals surface area contributed by atoms with Crippen LogP contribution >= 0.6 is 0 Å². The number of rotatable bonds is 3. The third-order valence-electron chi connectivity index (χ3n) is 3.78. The van der Waals surface area contributed by atoms with Crippen LogP contribution in [0, 0.1) is 11.3 Å². The van der Waals surface area contributed by atoms with Crippen LogP contribution in [0.5, 0.6) is 5.75 Å². The van der Waals surface area contributed by atoms with Gasteiger partial charge in [-0.25, -0.2) is 0 Å². The molecule has 82 valence electrons. The second-order valence-electron chi connectivity index (χ2n) is 4.91. The van der Waals surface area contributed by atoms with Crippen molar-refractivity contribution in [2.75, 3.05) is 13.7 Å². The van der Waals surface area contributed by atoms with Gasteiger partial charge in [0.2, 0.25) is 0 Å². The van der Waals surface area contributed by atoms with Crippen LogP contribution in [-0.4, -0.2) is 13.7 Å². The minimum absolute atomic E-state index is 0.364. The molecule has 1 aliphatic carbocycles. The summed E-state index contributed by atoms with van der Waals surface area (Å²) < 4.78 is 5.15. The highest BCUT2D eigenvalue weighted by Gasteiger charge is 2.56. The fourth-order valence-electron chi connectivity index (χ4n) is 2.66. The van der Waals surface area contributed by atoms with E-state index in [4.69, 9.17) is 10.5 Å². The summed E-state index contributed by atoms with van der Waals surface area (Å²) in [6.45, 7) is 5.36.